The Bertz CT molecular complexity index is 415. The molecule has 1 aromatic rings. The molecule has 0 radical (unpaired) electrons. The van der Waals surface area contributed by atoms with E-state index in [2.05, 4.69) is 25.1 Å². The molecule has 0 atom stereocenters. The summed E-state index contributed by atoms with van der Waals surface area (Å²) in [5.41, 5.74) is 2.09. The summed E-state index contributed by atoms with van der Waals surface area (Å²) < 4.78 is 0. The third-order valence-electron chi connectivity index (χ3n) is 4.45. The SMILES string of the molecule is Cc1ccc(CCCC2CCC(C)(O)CC2)c(Cl)c1. The maximum atomic E-state index is 9.94. The zero-order valence-electron chi connectivity index (χ0n) is 12.1. The summed E-state index contributed by atoms with van der Waals surface area (Å²) in [4.78, 5) is 0. The minimum Gasteiger partial charge on any atom is -0.390 e. The van der Waals surface area contributed by atoms with E-state index in [-0.39, 0.29) is 0 Å². The van der Waals surface area contributed by atoms with Gasteiger partial charge in [-0.1, -0.05) is 30.2 Å². The molecule has 1 aliphatic carbocycles. The fourth-order valence-electron chi connectivity index (χ4n) is 3.02. The predicted molar refractivity (Wildman–Crippen MR) is 81.7 cm³/mol. The van der Waals surface area contributed by atoms with E-state index in [0.29, 0.717) is 0 Å². The first-order valence-electron chi connectivity index (χ1n) is 7.44. The molecule has 1 aromatic carbocycles. The highest BCUT2D eigenvalue weighted by atomic mass is 35.5. The van der Waals surface area contributed by atoms with Gasteiger partial charge in [-0.2, -0.15) is 0 Å². The third-order valence-corrected chi connectivity index (χ3v) is 4.80. The van der Waals surface area contributed by atoms with Crippen molar-refractivity contribution in [2.75, 3.05) is 0 Å². The smallest absolute Gasteiger partial charge is 0.0620 e. The van der Waals surface area contributed by atoms with Gasteiger partial charge in [-0.05, 0) is 75.5 Å². The highest BCUT2D eigenvalue weighted by Crippen LogP contribution is 2.34. The molecule has 19 heavy (non-hydrogen) atoms. The molecule has 0 aromatic heterocycles. The van der Waals surface area contributed by atoms with Gasteiger partial charge in [-0.25, -0.2) is 0 Å². The summed E-state index contributed by atoms with van der Waals surface area (Å²) in [6.45, 7) is 4.04. The first-order valence-corrected chi connectivity index (χ1v) is 7.81. The van der Waals surface area contributed by atoms with Gasteiger partial charge in [-0.3, -0.25) is 0 Å². The number of aliphatic hydroxyl groups is 1. The molecular weight excluding hydrogens is 256 g/mol. The number of halogens is 1. The van der Waals surface area contributed by atoms with Crippen LogP contribution in [0.15, 0.2) is 18.2 Å². The van der Waals surface area contributed by atoms with Crippen LogP contribution < -0.4 is 0 Å². The van der Waals surface area contributed by atoms with Gasteiger partial charge in [0.05, 0.1) is 5.60 Å². The molecule has 106 valence electrons. The van der Waals surface area contributed by atoms with Crippen molar-refractivity contribution >= 4 is 11.6 Å². The van der Waals surface area contributed by atoms with Crippen molar-refractivity contribution in [1.29, 1.82) is 0 Å². The topological polar surface area (TPSA) is 20.2 Å². The van der Waals surface area contributed by atoms with Gasteiger partial charge in [-0.15, -0.1) is 0 Å². The summed E-state index contributed by atoms with van der Waals surface area (Å²) in [7, 11) is 0. The van der Waals surface area contributed by atoms with Crippen molar-refractivity contribution in [3.63, 3.8) is 0 Å². The summed E-state index contributed by atoms with van der Waals surface area (Å²) >= 11 is 6.26. The lowest BCUT2D eigenvalue weighted by Crippen LogP contribution is -2.30. The lowest BCUT2D eigenvalue weighted by molar-refractivity contribution is 0.00674. The van der Waals surface area contributed by atoms with Crippen molar-refractivity contribution in [3.8, 4) is 0 Å². The summed E-state index contributed by atoms with van der Waals surface area (Å²) in [6, 6.07) is 6.34. The van der Waals surface area contributed by atoms with Crippen molar-refractivity contribution in [2.24, 2.45) is 5.92 Å². The zero-order valence-corrected chi connectivity index (χ0v) is 12.8. The molecule has 1 saturated carbocycles. The molecule has 0 aliphatic heterocycles. The van der Waals surface area contributed by atoms with Gasteiger partial charge >= 0.3 is 0 Å². The van der Waals surface area contributed by atoms with E-state index in [0.717, 1.165) is 30.2 Å². The minimum atomic E-state index is -0.406. The normalized spacial score (nSPS) is 27.5. The quantitative estimate of drug-likeness (QED) is 0.831. The van der Waals surface area contributed by atoms with Crippen LogP contribution in [0.3, 0.4) is 0 Å². The first-order chi connectivity index (χ1) is 8.96. The van der Waals surface area contributed by atoms with Gasteiger partial charge < -0.3 is 5.11 Å². The van der Waals surface area contributed by atoms with E-state index in [1.54, 1.807) is 0 Å². The number of rotatable bonds is 4. The maximum Gasteiger partial charge on any atom is 0.0620 e. The van der Waals surface area contributed by atoms with Crippen LogP contribution in [0.5, 0.6) is 0 Å². The van der Waals surface area contributed by atoms with E-state index in [1.165, 1.54) is 36.8 Å². The Morgan fingerprint density at radius 2 is 2.00 bits per heavy atom. The first kappa shape index (κ1) is 14.9. The predicted octanol–water partition coefficient (Wildman–Crippen LogP) is 4.91. The molecule has 0 bridgehead atoms. The van der Waals surface area contributed by atoms with Gasteiger partial charge in [0, 0.05) is 5.02 Å². The average Bonchev–Trinajstić information content (AvgIpc) is 2.34. The Morgan fingerprint density at radius 1 is 1.32 bits per heavy atom. The van der Waals surface area contributed by atoms with E-state index in [1.807, 2.05) is 6.92 Å². The second-order valence-corrected chi connectivity index (χ2v) is 6.83. The molecular formula is C17H25ClO. The molecule has 1 nitrogen and oxygen atoms in total. The van der Waals surface area contributed by atoms with Gasteiger partial charge in [0.15, 0.2) is 0 Å². The fraction of sp³-hybridized carbons (Fsp3) is 0.647. The number of benzene rings is 1. The molecule has 1 fully saturated rings. The van der Waals surface area contributed by atoms with Crippen LogP contribution in [0.4, 0.5) is 0 Å². The molecule has 1 aliphatic rings. The van der Waals surface area contributed by atoms with Crippen LogP contribution in [0, 0.1) is 12.8 Å². The fourth-order valence-corrected chi connectivity index (χ4v) is 3.35. The highest BCUT2D eigenvalue weighted by Gasteiger charge is 2.28. The van der Waals surface area contributed by atoms with Crippen LogP contribution >= 0.6 is 11.6 Å². The summed E-state index contributed by atoms with van der Waals surface area (Å²) in [5.74, 6) is 0.796. The van der Waals surface area contributed by atoms with Crippen molar-refractivity contribution in [3.05, 3.63) is 34.3 Å². The lowest BCUT2D eigenvalue weighted by atomic mass is 9.78. The summed E-state index contributed by atoms with van der Waals surface area (Å²) in [5, 5.41) is 10.8. The Balaban J connectivity index is 1.75. The third kappa shape index (κ3) is 4.50. The number of hydrogen-bond acceptors (Lipinski definition) is 1. The van der Waals surface area contributed by atoms with E-state index in [4.69, 9.17) is 11.6 Å². The Morgan fingerprint density at radius 3 is 2.63 bits per heavy atom. The van der Waals surface area contributed by atoms with Crippen LogP contribution in [-0.2, 0) is 6.42 Å². The van der Waals surface area contributed by atoms with E-state index in [9.17, 15) is 5.11 Å². The highest BCUT2D eigenvalue weighted by molar-refractivity contribution is 6.31. The van der Waals surface area contributed by atoms with Gasteiger partial charge in [0.25, 0.3) is 0 Å². The largest absolute Gasteiger partial charge is 0.390 e. The second kappa shape index (κ2) is 6.28. The van der Waals surface area contributed by atoms with Crippen molar-refractivity contribution < 1.29 is 5.11 Å². The van der Waals surface area contributed by atoms with Crippen molar-refractivity contribution in [2.45, 2.75) is 64.4 Å². The molecule has 0 spiro atoms. The van der Waals surface area contributed by atoms with E-state index >= 15 is 0 Å². The second-order valence-electron chi connectivity index (χ2n) is 6.43. The van der Waals surface area contributed by atoms with Crippen LogP contribution in [0.2, 0.25) is 5.02 Å². The average molecular weight is 281 g/mol. The van der Waals surface area contributed by atoms with Crippen LogP contribution in [0.25, 0.3) is 0 Å². The lowest BCUT2D eigenvalue weighted by Gasteiger charge is -2.33. The van der Waals surface area contributed by atoms with E-state index < -0.39 is 5.60 Å². The minimum absolute atomic E-state index is 0.406. The molecule has 0 heterocycles. The molecule has 0 saturated heterocycles. The number of aryl methyl sites for hydroxylation is 2. The summed E-state index contributed by atoms with van der Waals surface area (Å²) in [6.07, 6.45) is 7.82. The molecule has 2 rings (SSSR count). The molecule has 2 heteroatoms. The van der Waals surface area contributed by atoms with Gasteiger partial charge in [0.2, 0.25) is 0 Å². The Labute approximate surface area is 122 Å². The van der Waals surface area contributed by atoms with Crippen molar-refractivity contribution in [1.82, 2.24) is 0 Å². The molecule has 0 unspecified atom stereocenters. The Kier molecular flexibility index (Phi) is 4.92. The molecule has 1 N–H and O–H groups in total. The zero-order chi connectivity index (χ0) is 13.9. The van der Waals surface area contributed by atoms with Crippen LogP contribution in [0.1, 0.15) is 56.6 Å². The Hall–Kier alpha value is -0.530. The maximum absolute atomic E-state index is 9.94. The van der Waals surface area contributed by atoms with Crippen LogP contribution in [-0.4, -0.2) is 10.7 Å². The number of hydrogen-bond donors (Lipinski definition) is 1. The molecule has 0 amide bonds. The standard InChI is InChI=1S/C17H25ClO/c1-13-6-7-15(16(18)12-13)5-3-4-14-8-10-17(2,19)11-9-14/h6-7,12,14,19H,3-5,8-11H2,1-2H3. The monoisotopic (exact) mass is 280 g/mol. The van der Waals surface area contributed by atoms with Gasteiger partial charge in [0.1, 0.15) is 0 Å².